The molecule has 0 aliphatic heterocycles. The molecule has 0 atom stereocenters. The smallest absolute Gasteiger partial charge is 0.389 e. The summed E-state index contributed by atoms with van der Waals surface area (Å²) >= 11 is 0. The first-order valence-corrected chi connectivity index (χ1v) is 3.85. The maximum absolute atomic E-state index is 11.7. The van der Waals surface area contributed by atoms with Crippen LogP contribution in [0.5, 0.6) is 0 Å². The normalized spacial score (nSPS) is 36.2. The maximum atomic E-state index is 11.7. The Balaban J connectivity index is 2.24. The van der Waals surface area contributed by atoms with Gasteiger partial charge in [-0.25, -0.2) is 0 Å². The van der Waals surface area contributed by atoms with Gasteiger partial charge in [-0.3, -0.25) is 0 Å². The van der Waals surface area contributed by atoms with Crippen molar-refractivity contribution in [2.45, 2.75) is 43.5 Å². The fourth-order valence-corrected chi connectivity index (χ4v) is 1.49. The van der Waals surface area contributed by atoms with E-state index in [2.05, 4.69) is 0 Å². The van der Waals surface area contributed by atoms with E-state index in [0.717, 1.165) is 0 Å². The molecule has 0 aromatic carbocycles. The topological polar surface area (TPSA) is 46.2 Å². The molecular formula is C7H12F3NO. The highest BCUT2D eigenvalue weighted by molar-refractivity contribution is 4.96. The Kier molecular flexibility index (Phi) is 2.35. The van der Waals surface area contributed by atoms with E-state index >= 15 is 0 Å². The van der Waals surface area contributed by atoms with Crippen molar-refractivity contribution in [2.24, 2.45) is 5.73 Å². The summed E-state index contributed by atoms with van der Waals surface area (Å²) in [6.07, 6.45) is -4.72. The molecule has 0 saturated heterocycles. The molecular weight excluding hydrogens is 171 g/mol. The summed E-state index contributed by atoms with van der Waals surface area (Å²) < 4.78 is 35.1. The SMILES string of the molecule is NC1CC(O)(CCC(F)(F)F)C1. The lowest BCUT2D eigenvalue weighted by molar-refractivity contribution is -0.155. The zero-order chi connectivity index (χ0) is 9.41. The summed E-state index contributed by atoms with van der Waals surface area (Å²) in [7, 11) is 0. The molecule has 5 heteroatoms. The van der Waals surface area contributed by atoms with Crippen LogP contribution in [-0.4, -0.2) is 22.9 Å². The van der Waals surface area contributed by atoms with Gasteiger partial charge in [0, 0.05) is 12.5 Å². The summed E-state index contributed by atoms with van der Waals surface area (Å²) in [6, 6.07) is -0.122. The van der Waals surface area contributed by atoms with Gasteiger partial charge in [-0.2, -0.15) is 13.2 Å². The van der Waals surface area contributed by atoms with Crippen molar-refractivity contribution >= 4 is 0 Å². The second-order valence-electron chi connectivity index (χ2n) is 3.51. The average Bonchev–Trinajstić information content (AvgIpc) is 1.79. The van der Waals surface area contributed by atoms with Gasteiger partial charge in [0.1, 0.15) is 0 Å². The number of alkyl halides is 3. The minimum Gasteiger partial charge on any atom is -0.390 e. The number of aliphatic hydroxyl groups is 1. The van der Waals surface area contributed by atoms with Crippen LogP contribution in [0.4, 0.5) is 13.2 Å². The van der Waals surface area contributed by atoms with Gasteiger partial charge < -0.3 is 10.8 Å². The quantitative estimate of drug-likeness (QED) is 0.675. The number of hydrogen-bond acceptors (Lipinski definition) is 2. The average molecular weight is 183 g/mol. The number of hydrogen-bond donors (Lipinski definition) is 2. The standard InChI is InChI=1S/C7H12F3NO/c8-7(9,10)2-1-6(12)3-5(11)4-6/h5,12H,1-4,11H2. The van der Waals surface area contributed by atoms with E-state index in [1.54, 1.807) is 0 Å². The Labute approximate surface area is 68.6 Å². The molecule has 0 aromatic heterocycles. The molecule has 2 nitrogen and oxygen atoms in total. The van der Waals surface area contributed by atoms with Gasteiger partial charge in [-0.1, -0.05) is 0 Å². The largest absolute Gasteiger partial charge is 0.390 e. The van der Waals surface area contributed by atoms with Gasteiger partial charge in [0.2, 0.25) is 0 Å². The van der Waals surface area contributed by atoms with Gasteiger partial charge >= 0.3 is 6.18 Å². The van der Waals surface area contributed by atoms with Crippen LogP contribution in [-0.2, 0) is 0 Å². The minimum absolute atomic E-state index is 0.122. The third kappa shape index (κ3) is 2.64. The highest BCUT2D eigenvalue weighted by Gasteiger charge is 2.43. The number of halogens is 3. The molecule has 1 aliphatic rings. The van der Waals surface area contributed by atoms with E-state index < -0.39 is 18.2 Å². The van der Waals surface area contributed by atoms with Crippen molar-refractivity contribution in [3.8, 4) is 0 Å². The van der Waals surface area contributed by atoms with Crippen LogP contribution in [0.2, 0.25) is 0 Å². The monoisotopic (exact) mass is 183 g/mol. The first-order chi connectivity index (χ1) is 5.31. The van der Waals surface area contributed by atoms with Crippen LogP contribution in [0, 0.1) is 0 Å². The van der Waals surface area contributed by atoms with Crippen molar-refractivity contribution in [3.05, 3.63) is 0 Å². The van der Waals surface area contributed by atoms with Crippen LogP contribution < -0.4 is 5.73 Å². The molecule has 0 amide bonds. The lowest BCUT2D eigenvalue weighted by atomic mass is 9.73. The maximum Gasteiger partial charge on any atom is 0.389 e. The fraction of sp³-hybridized carbons (Fsp3) is 1.00. The molecule has 1 fully saturated rings. The van der Waals surface area contributed by atoms with Crippen molar-refractivity contribution in [1.82, 2.24) is 0 Å². The lowest BCUT2D eigenvalue weighted by Gasteiger charge is -2.42. The first kappa shape index (κ1) is 9.80. The zero-order valence-electron chi connectivity index (χ0n) is 6.56. The third-order valence-electron chi connectivity index (χ3n) is 2.16. The van der Waals surface area contributed by atoms with Gasteiger partial charge in [-0.15, -0.1) is 0 Å². The van der Waals surface area contributed by atoms with Gasteiger partial charge in [0.15, 0.2) is 0 Å². The molecule has 1 aliphatic carbocycles. The molecule has 0 aromatic rings. The summed E-state index contributed by atoms with van der Waals surface area (Å²) in [5.74, 6) is 0. The molecule has 1 saturated carbocycles. The van der Waals surface area contributed by atoms with Crippen LogP contribution in [0.25, 0.3) is 0 Å². The predicted octanol–water partition coefficient (Wildman–Crippen LogP) is 1.18. The lowest BCUT2D eigenvalue weighted by Crippen LogP contribution is -2.51. The van der Waals surface area contributed by atoms with Crippen LogP contribution in [0.15, 0.2) is 0 Å². The fourth-order valence-electron chi connectivity index (χ4n) is 1.49. The first-order valence-electron chi connectivity index (χ1n) is 3.85. The van der Waals surface area contributed by atoms with Gasteiger partial charge in [-0.05, 0) is 19.3 Å². The van der Waals surface area contributed by atoms with Crippen molar-refractivity contribution in [1.29, 1.82) is 0 Å². The Morgan fingerprint density at radius 1 is 1.42 bits per heavy atom. The van der Waals surface area contributed by atoms with E-state index in [1.807, 2.05) is 0 Å². The van der Waals surface area contributed by atoms with Crippen LogP contribution in [0.1, 0.15) is 25.7 Å². The highest BCUT2D eigenvalue weighted by Crippen LogP contribution is 2.37. The molecule has 0 heterocycles. The summed E-state index contributed by atoms with van der Waals surface area (Å²) in [5.41, 5.74) is 4.21. The van der Waals surface area contributed by atoms with Crippen molar-refractivity contribution in [2.75, 3.05) is 0 Å². The molecule has 72 valence electrons. The molecule has 3 N–H and O–H groups in total. The van der Waals surface area contributed by atoms with E-state index in [4.69, 9.17) is 5.73 Å². The minimum atomic E-state index is -4.17. The zero-order valence-corrected chi connectivity index (χ0v) is 6.56. The summed E-state index contributed by atoms with van der Waals surface area (Å²) in [6.45, 7) is 0. The molecule has 0 unspecified atom stereocenters. The molecule has 0 bridgehead atoms. The van der Waals surface area contributed by atoms with Crippen molar-refractivity contribution in [3.63, 3.8) is 0 Å². The number of nitrogens with two attached hydrogens (primary N) is 1. The summed E-state index contributed by atoms with van der Waals surface area (Å²) in [4.78, 5) is 0. The molecule has 12 heavy (non-hydrogen) atoms. The Morgan fingerprint density at radius 2 is 1.92 bits per heavy atom. The third-order valence-corrected chi connectivity index (χ3v) is 2.16. The number of rotatable bonds is 2. The van der Waals surface area contributed by atoms with Crippen LogP contribution >= 0.6 is 0 Å². The van der Waals surface area contributed by atoms with E-state index in [9.17, 15) is 18.3 Å². The summed E-state index contributed by atoms with van der Waals surface area (Å²) in [5, 5.41) is 9.36. The highest BCUT2D eigenvalue weighted by atomic mass is 19.4. The second kappa shape index (κ2) is 2.88. The second-order valence-corrected chi connectivity index (χ2v) is 3.51. The van der Waals surface area contributed by atoms with Gasteiger partial charge in [0.05, 0.1) is 5.60 Å². The molecule has 0 radical (unpaired) electrons. The molecule has 0 spiro atoms. The van der Waals surface area contributed by atoms with E-state index in [1.165, 1.54) is 0 Å². The van der Waals surface area contributed by atoms with Gasteiger partial charge in [0.25, 0.3) is 0 Å². The Bertz CT molecular complexity index is 163. The van der Waals surface area contributed by atoms with Crippen molar-refractivity contribution < 1.29 is 18.3 Å². The predicted molar refractivity (Wildman–Crippen MR) is 37.4 cm³/mol. The van der Waals surface area contributed by atoms with E-state index in [0.29, 0.717) is 12.8 Å². The van der Waals surface area contributed by atoms with Crippen LogP contribution in [0.3, 0.4) is 0 Å². The van der Waals surface area contributed by atoms with E-state index in [-0.39, 0.29) is 12.5 Å². The molecule has 1 rings (SSSR count). The Hall–Kier alpha value is -0.290. The Morgan fingerprint density at radius 3 is 2.25 bits per heavy atom.